The highest BCUT2D eigenvalue weighted by molar-refractivity contribution is 6.30. The molecule has 0 spiro atoms. The molecule has 1 aromatic carbocycles. The lowest BCUT2D eigenvalue weighted by molar-refractivity contribution is -0.385. The molecule has 0 aliphatic carbocycles. The zero-order valence-corrected chi connectivity index (χ0v) is 7.19. The Morgan fingerprint density at radius 3 is 2.43 bits per heavy atom. The smallest absolute Gasteiger partial charge is 0.258 e. The number of halogens is 4. The average molecular weight is 225 g/mol. The van der Waals surface area contributed by atoms with Crippen LogP contribution >= 0.6 is 11.6 Å². The van der Waals surface area contributed by atoms with Crippen molar-refractivity contribution in [3.63, 3.8) is 0 Å². The molecule has 14 heavy (non-hydrogen) atoms. The number of nitro benzene ring substituents is 1. The van der Waals surface area contributed by atoms with Crippen LogP contribution in [0.25, 0.3) is 0 Å². The van der Waals surface area contributed by atoms with E-state index in [4.69, 9.17) is 11.6 Å². The first-order valence-electron chi connectivity index (χ1n) is 3.25. The second kappa shape index (κ2) is 3.45. The van der Waals surface area contributed by atoms with Gasteiger partial charge in [0.2, 0.25) is 0 Å². The molecule has 1 rings (SSSR count). The van der Waals surface area contributed by atoms with Crippen LogP contribution in [0.5, 0.6) is 0 Å². The second-order valence-electron chi connectivity index (χ2n) is 2.36. The second-order valence-corrected chi connectivity index (χ2v) is 2.76. The Hall–Kier alpha value is -1.30. The van der Waals surface area contributed by atoms with Gasteiger partial charge in [0.1, 0.15) is 0 Å². The number of rotatable bonds is 1. The number of hydrogen-bond acceptors (Lipinski definition) is 2. The predicted octanol–water partition coefficient (Wildman–Crippen LogP) is 3.07. The van der Waals surface area contributed by atoms with E-state index >= 15 is 0 Å². The minimum Gasteiger partial charge on any atom is -0.258 e. The Bertz CT molecular complexity index is 378. The third-order valence-electron chi connectivity index (χ3n) is 1.35. The van der Waals surface area contributed by atoms with Gasteiger partial charge < -0.3 is 0 Å². The highest BCUT2D eigenvalue weighted by atomic mass is 35.5. The van der Waals surface area contributed by atoms with E-state index in [-0.39, 0.29) is 0 Å². The summed E-state index contributed by atoms with van der Waals surface area (Å²) in [5, 5.41) is 9.74. The maximum atomic E-state index is 12.1. The summed E-state index contributed by atoms with van der Waals surface area (Å²) in [5.74, 6) is 0. The van der Waals surface area contributed by atoms with Crippen molar-refractivity contribution in [1.82, 2.24) is 0 Å². The Balaban J connectivity index is 3.28. The highest BCUT2D eigenvalue weighted by Gasteiger charge is 2.32. The van der Waals surface area contributed by atoms with Crippen LogP contribution in [0.3, 0.4) is 0 Å². The van der Waals surface area contributed by atoms with Crippen LogP contribution in [0.15, 0.2) is 12.1 Å². The third-order valence-corrected chi connectivity index (χ3v) is 1.55. The molecule has 0 aromatic heterocycles. The molecule has 1 radical (unpaired) electrons. The predicted molar refractivity (Wildman–Crippen MR) is 41.9 cm³/mol. The third kappa shape index (κ3) is 2.35. The van der Waals surface area contributed by atoms with E-state index in [0.717, 1.165) is 0 Å². The van der Waals surface area contributed by atoms with Crippen molar-refractivity contribution < 1.29 is 18.1 Å². The molecule has 0 aliphatic rings. The van der Waals surface area contributed by atoms with Crippen molar-refractivity contribution in [3.8, 4) is 0 Å². The molecule has 0 saturated heterocycles. The van der Waals surface area contributed by atoms with E-state index in [9.17, 15) is 23.3 Å². The number of hydrogen-bond donors (Lipinski definition) is 0. The van der Waals surface area contributed by atoms with Gasteiger partial charge >= 0.3 is 6.18 Å². The summed E-state index contributed by atoms with van der Waals surface area (Å²) in [6.45, 7) is 0. The topological polar surface area (TPSA) is 43.1 Å². The molecular formula is C7H2ClF3NO2. The van der Waals surface area contributed by atoms with Crippen LogP contribution in [0, 0.1) is 16.2 Å². The van der Waals surface area contributed by atoms with E-state index in [1.807, 2.05) is 6.07 Å². The van der Waals surface area contributed by atoms with Gasteiger partial charge in [-0.15, -0.1) is 0 Å². The summed E-state index contributed by atoms with van der Waals surface area (Å²) in [4.78, 5) is 9.20. The minimum absolute atomic E-state index is 0.381. The van der Waals surface area contributed by atoms with Crippen LogP contribution in [0.1, 0.15) is 5.56 Å². The summed E-state index contributed by atoms with van der Waals surface area (Å²) in [5.41, 5.74) is -1.96. The van der Waals surface area contributed by atoms with E-state index in [1.54, 1.807) is 0 Å². The van der Waals surface area contributed by atoms with Crippen molar-refractivity contribution >= 4 is 17.3 Å². The minimum atomic E-state index is -4.65. The Labute approximate surface area is 81.2 Å². The van der Waals surface area contributed by atoms with Crippen molar-refractivity contribution in [2.24, 2.45) is 0 Å². The van der Waals surface area contributed by atoms with Crippen molar-refractivity contribution in [2.45, 2.75) is 6.18 Å². The lowest BCUT2D eigenvalue weighted by atomic mass is 10.2. The summed E-state index contributed by atoms with van der Waals surface area (Å²) in [7, 11) is 0. The molecule has 0 bridgehead atoms. The molecule has 1 aromatic rings. The van der Waals surface area contributed by atoms with Crippen LogP contribution < -0.4 is 0 Å². The van der Waals surface area contributed by atoms with Crippen LogP contribution in [0.2, 0.25) is 5.02 Å². The zero-order valence-electron chi connectivity index (χ0n) is 6.43. The Morgan fingerprint density at radius 2 is 2.00 bits per heavy atom. The van der Waals surface area contributed by atoms with Crippen molar-refractivity contribution in [2.75, 3.05) is 0 Å². The molecule has 0 N–H and O–H groups in total. The average Bonchev–Trinajstić information content (AvgIpc) is 2.01. The number of benzene rings is 1. The van der Waals surface area contributed by atoms with Crippen molar-refractivity contribution in [3.05, 3.63) is 38.9 Å². The molecule has 75 valence electrons. The normalized spacial score (nSPS) is 11.4. The van der Waals surface area contributed by atoms with Gasteiger partial charge in [0.05, 0.1) is 21.6 Å². The summed E-state index contributed by atoms with van der Waals surface area (Å²) in [6.07, 6.45) is -4.65. The first-order valence-corrected chi connectivity index (χ1v) is 3.63. The fourth-order valence-corrected chi connectivity index (χ4v) is 0.996. The van der Waals surface area contributed by atoms with Gasteiger partial charge in [-0.3, -0.25) is 10.1 Å². The Morgan fingerprint density at radius 1 is 1.43 bits per heavy atom. The quantitative estimate of drug-likeness (QED) is 0.543. The van der Waals surface area contributed by atoms with Gasteiger partial charge in [-0.25, -0.2) is 0 Å². The summed E-state index contributed by atoms with van der Waals surface area (Å²) in [6, 6.07) is 2.94. The standard InChI is InChI=1S/C7H2ClF3NO2/c8-5-1-4(7(9,10)11)2-6(3-5)12(13)14/h1-2H. The lowest BCUT2D eigenvalue weighted by Crippen LogP contribution is -2.05. The fourth-order valence-electron chi connectivity index (χ4n) is 0.782. The fraction of sp³-hybridized carbons (Fsp3) is 0.143. The van der Waals surface area contributed by atoms with Gasteiger partial charge in [0.15, 0.2) is 0 Å². The molecule has 0 heterocycles. The van der Waals surface area contributed by atoms with Crippen LogP contribution in [-0.2, 0) is 6.18 Å². The van der Waals surface area contributed by atoms with E-state index in [2.05, 4.69) is 0 Å². The Kier molecular flexibility index (Phi) is 2.66. The van der Waals surface area contributed by atoms with Gasteiger partial charge in [-0.05, 0) is 6.07 Å². The molecule has 3 nitrogen and oxygen atoms in total. The maximum absolute atomic E-state index is 12.1. The van der Waals surface area contributed by atoms with Crippen LogP contribution in [-0.4, -0.2) is 4.92 Å². The molecule has 0 unspecified atom stereocenters. The first-order chi connectivity index (χ1) is 6.30. The SMILES string of the molecule is O=[N+]([O-])c1[c]c(Cl)cc(C(F)(F)F)c1. The number of alkyl halides is 3. The molecule has 0 fully saturated rings. The molecule has 0 amide bonds. The van der Waals surface area contributed by atoms with Gasteiger partial charge in [-0.2, -0.15) is 13.2 Å². The van der Waals surface area contributed by atoms with Gasteiger partial charge in [0.25, 0.3) is 5.69 Å². The number of nitrogens with zero attached hydrogens (tertiary/aromatic N) is 1. The summed E-state index contributed by atoms with van der Waals surface area (Å²) >= 11 is 5.24. The van der Waals surface area contributed by atoms with Gasteiger partial charge in [-0.1, -0.05) is 11.6 Å². The summed E-state index contributed by atoms with van der Waals surface area (Å²) < 4.78 is 36.3. The maximum Gasteiger partial charge on any atom is 0.416 e. The first kappa shape index (κ1) is 10.8. The number of non-ortho nitro benzene ring substituents is 1. The van der Waals surface area contributed by atoms with E-state index < -0.39 is 27.4 Å². The van der Waals surface area contributed by atoms with E-state index in [1.165, 1.54) is 0 Å². The zero-order chi connectivity index (χ0) is 10.9. The van der Waals surface area contributed by atoms with E-state index in [0.29, 0.717) is 12.1 Å². The molecule has 0 saturated carbocycles. The lowest BCUT2D eigenvalue weighted by Gasteiger charge is -2.05. The largest absolute Gasteiger partial charge is 0.416 e. The van der Waals surface area contributed by atoms with Gasteiger partial charge in [0, 0.05) is 6.07 Å². The molecule has 0 atom stereocenters. The number of nitro groups is 1. The molecule has 0 aliphatic heterocycles. The molecular weight excluding hydrogens is 223 g/mol. The highest BCUT2D eigenvalue weighted by Crippen LogP contribution is 2.33. The molecule has 7 heteroatoms. The van der Waals surface area contributed by atoms with Crippen LogP contribution in [0.4, 0.5) is 18.9 Å². The monoisotopic (exact) mass is 224 g/mol. The van der Waals surface area contributed by atoms with Crippen molar-refractivity contribution in [1.29, 1.82) is 0 Å².